The van der Waals surface area contributed by atoms with Crippen LogP contribution in [0, 0.1) is 5.82 Å². The van der Waals surface area contributed by atoms with E-state index in [-0.39, 0.29) is 24.1 Å². The van der Waals surface area contributed by atoms with Crippen LogP contribution in [0.15, 0.2) is 48.5 Å². The van der Waals surface area contributed by atoms with Gasteiger partial charge in [0.25, 0.3) is 5.91 Å². The first kappa shape index (κ1) is 18.1. The van der Waals surface area contributed by atoms with Crippen LogP contribution in [0.2, 0.25) is 0 Å². The first-order valence-electron chi connectivity index (χ1n) is 8.50. The number of nitrogens with one attached hydrogen (secondary N) is 1. The normalized spacial score (nSPS) is 14.2. The van der Waals surface area contributed by atoms with Crippen LogP contribution >= 0.6 is 0 Å². The van der Waals surface area contributed by atoms with Crippen molar-refractivity contribution < 1.29 is 18.7 Å². The van der Waals surface area contributed by atoms with Crippen LogP contribution in [0.4, 0.5) is 4.39 Å². The Morgan fingerprint density at radius 3 is 2.65 bits per heavy atom. The monoisotopic (exact) mass is 356 g/mol. The zero-order valence-corrected chi connectivity index (χ0v) is 14.6. The molecule has 0 spiro atoms. The molecule has 1 aliphatic rings. The number of hydrogen-bond donors (Lipinski definition) is 1. The molecule has 2 aromatic carbocycles. The number of fused-ring (bicyclic) bond motifs is 1. The predicted molar refractivity (Wildman–Crippen MR) is 95.0 cm³/mol. The summed E-state index contributed by atoms with van der Waals surface area (Å²) in [7, 11) is 1.56. The predicted octanol–water partition coefficient (Wildman–Crippen LogP) is 2.68. The Labute approximate surface area is 151 Å². The summed E-state index contributed by atoms with van der Waals surface area (Å²) in [6.07, 6.45) is 0.106. The summed E-state index contributed by atoms with van der Waals surface area (Å²) < 4.78 is 18.2. The van der Waals surface area contributed by atoms with E-state index in [9.17, 15) is 14.0 Å². The van der Waals surface area contributed by atoms with E-state index in [0.29, 0.717) is 25.3 Å². The van der Waals surface area contributed by atoms with Gasteiger partial charge in [-0.25, -0.2) is 4.39 Å². The van der Waals surface area contributed by atoms with Crippen molar-refractivity contribution in [3.63, 3.8) is 0 Å². The van der Waals surface area contributed by atoms with E-state index in [1.165, 1.54) is 12.1 Å². The van der Waals surface area contributed by atoms with Gasteiger partial charge in [-0.05, 0) is 29.3 Å². The maximum atomic E-state index is 13.3. The first-order valence-corrected chi connectivity index (χ1v) is 8.50. The number of carbonyl (C=O) groups excluding carboxylic acids is 2. The van der Waals surface area contributed by atoms with Crippen molar-refractivity contribution in [1.82, 2.24) is 10.2 Å². The van der Waals surface area contributed by atoms with Gasteiger partial charge in [-0.3, -0.25) is 9.59 Å². The molecular formula is C20H21FN2O3. The minimum Gasteiger partial charge on any atom is -0.383 e. The number of nitrogens with zero attached hydrogens (tertiary/aromatic N) is 1. The molecule has 136 valence electrons. The molecule has 0 saturated heterocycles. The lowest BCUT2D eigenvalue weighted by molar-refractivity contribution is -0.122. The van der Waals surface area contributed by atoms with Crippen LogP contribution in [-0.4, -0.2) is 37.0 Å². The van der Waals surface area contributed by atoms with Gasteiger partial charge < -0.3 is 15.0 Å². The van der Waals surface area contributed by atoms with Crippen molar-refractivity contribution in [2.75, 3.05) is 20.3 Å². The van der Waals surface area contributed by atoms with Crippen LogP contribution in [0.1, 0.15) is 33.9 Å². The molecule has 3 rings (SSSR count). The van der Waals surface area contributed by atoms with Crippen LogP contribution in [0.5, 0.6) is 0 Å². The average Bonchev–Trinajstić information content (AvgIpc) is 2.98. The van der Waals surface area contributed by atoms with Crippen molar-refractivity contribution in [1.29, 1.82) is 0 Å². The summed E-state index contributed by atoms with van der Waals surface area (Å²) in [6.45, 7) is 1.25. The van der Waals surface area contributed by atoms with Gasteiger partial charge in [0.1, 0.15) is 5.82 Å². The molecule has 0 aliphatic carbocycles. The molecule has 1 atom stereocenters. The lowest BCUT2D eigenvalue weighted by atomic mass is 10.0. The summed E-state index contributed by atoms with van der Waals surface area (Å²) in [5, 5.41) is 2.78. The van der Waals surface area contributed by atoms with E-state index in [1.54, 1.807) is 30.2 Å². The second-order valence-corrected chi connectivity index (χ2v) is 6.20. The lowest BCUT2D eigenvalue weighted by Gasteiger charge is -2.28. The van der Waals surface area contributed by atoms with Crippen molar-refractivity contribution in [3.05, 3.63) is 71.0 Å². The SMILES string of the molecule is COCCNC(=O)C[C@H](c1ccc(F)cc1)N1Cc2ccccc2C1=O. The van der Waals surface area contributed by atoms with Gasteiger partial charge >= 0.3 is 0 Å². The minimum absolute atomic E-state index is 0.106. The van der Waals surface area contributed by atoms with Crippen LogP contribution in [0.3, 0.4) is 0 Å². The molecule has 5 nitrogen and oxygen atoms in total. The Morgan fingerprint density at radius 1 is 1.23 bits per heavy atom. The number of amides is 2. The average molecular weight is 356 g/mol. The van der Waals surface area contributed by atoms with Crippen molar-refractivity contribution >= 4 is 11.8 Å². The zero-order chi connectivity index (χ0) is 18.5. The third-order valence-corrected chi connectivity index (χ3v) is 4.49. The van der Waals surface area contributed by atoms with E-state index in [0.717, 1.165) is 11.1 Å². The molecule has 6 heteroatoms. The van der Waals surface area contributed by atoms with Crippen molar-refractivity contribution in [2.24, 2.45) is 0 Å². The number of carbonyl (C=O) groups is 2. The molecule has 1 heterocycles. The number of hydrogen-bond acceptors (Lipinski definition) is 3. The quantitative estimate of drug-likeness (QED) is 0.776. The molecule has 0 bridgehead atoms. The summed E-state index contributed by atoms with van der Waals surface area (Å²) in [5.41, 5.74) is 2.32. The van der Waals surface area contributed by atoms with E-state index in [2.05, 4.69) is 5.32 Å². The topological polar surface area (TPSA) is 58.6 Å². The summed E-state index contributed by atoms with van der Waals surface area (Å²) in [5.74, 6) is -0.646. The summed E-state index contributed by atoms with van der Waals surface area (Å²) in [4.78, 5) is 26.8. The molecule has 2 aromatic rings. The van der Waals surface area contributed by atoms with Crippen molar-refractivity contribution in [3.8, 4) is 0 Å². The molecule has 0 fully saturated rings. The Bertz CT molecular complexity index is 792. The van der Waals surface area contributed by atoms with Gasteiger partial charge in [-0.2, -0.15) is 0 Å². The third kappa shape index (κ3) is 3.91. The molecule has 26 heavy (non-hydrogen) atoms. The molecule has 1 N–H and O–H groups in total. The largest absolute Gasteiger partial charge is 0.383 e. The van der Waals surface area contributed by atoms with E-state index in [4.69, 9.17) is 4.74 Å². The lowest BCUT2D eigenvalue weighted by Crippen LogP contribution is -2.35. The van der Waals surface area contributed by atoms with E-state index in [1.807, 2.05) is 18.2 Å². The maximum absolute atomic E-state index is 13.3. The highest BCUT2D eigenvalue weighted by Crippen LogP contribution is 2.33. The highest BCUT2D eigenvalue weighted by Gasteiger charge is 2.34. The van der Waals surface area contributed by atoms with Gasteiger partial charge in [-0.15, -0.1) is 0 Å². The van der Waals surface area contributed by atoms with E-state index < -0.39 is 6.04 Å². The molecule has 1 aliphatic heterocycles. The Hall–Kier alpha value is -2.73. The zero-order valence-electron chi connectivity index (χ0n) is 14.6. The van der Waals surface area contributed by atoms with Gasteiger partial charge in [-0.1, -0.05) is 30.3 Å². The molecule has 0 radical (unpaired) electrons. The molecular weight excluding hydrogens is 335 g/mol. The van der Waals surface area contributed by atoms with Gasteiger partial charge in [0, 0.05) is 25.8 Å². The highest BCUT2D eigenvalue weighted by molar-refractivity contribution is 5.98. The molecule has 2 amide bonds. The molecule has 0 unspecified atom stereocenters. The number of halogens is 1. The number of benzene rings is 2. The van der Waals surface area contributed by atoms with Gasteiger partial charge in [0.05, 0.1) is 19.1 Å². The number of rotatable bonds is 7. The highest BCUT2D eigenvalue weighted by atomic mass is 19.1. The van der Waals surface area contributed by atoms with Crippen LogP contribution in [-0.2, 0) is 16.1 Å². The summed E-state index contributed by atoms with van der Waals surface area (Å²) >= 11 is 0. The first-order chi connectivity index (χ1) is 12.6. The second-order valence-electron chi connectivity index (χ2n) is 6.20. The Balaban J connectivity index is 1.83. The maximum Gasteiger partial charge on any atom is 0.255 e. The summed E-state index contributed by atoms with van der Waals surface area (Å²) in [6, 6.07) is 12.9. The van der Waals surface area contributed by atoms with Gasteiger partial charge in [0.2, 0.25) is 5.91 Å². The van der Waals surface area contributed by atoms with Crippen LogP contribution in [0.25, 0.3) is 0 Å². The smallest absolute Gasteiger partial charge is 0.255 e. The fraction of sp³-hybridized carbons (Fsp3) is 0.300. The fourth-order valence-corrected chi connectivity index (χ4v) is 3.16. The Kier molecular flexibility index (Phi) is 5.63. The molecule has 0 aromatic heterocycles. The second kappa shape index (κ2) is 8.10. The number of methoxy groups -OCH3 is 1. The number of ether oxygens (including phenoxy) is 1. The van der Waals surface area contributed by atoms with Crippen LogP contribution < -0.4 is 5.32 Å². The van der Waals surface area contributed by atoms with E-state index >= 15 is 0 Å². The fourth-order valence-electron chi connectivity index (χ4n) is 3.16. The van der Waals surface area contributed by atoms with Crippen molar-refractivity contribution in [2.45, 2.75) is 19.0 Å². The molecule has 0 saturated carbocycles. The van der Waals surface area contributed by atoms with Gasteiger partial charge in [0.15, 0.2) is 0 Å². The third-order valence-electron chi connectivity index (χ3n) is 4.49. The minimum atomic E-state index is -0.460. The standard InChI is InChI=1S/C20H21FN2O3/c1-26-11-10-22-19(24)12-18(14-6-8-16(21)9-7-14)23-13-15-4-2-3-5-17(15)20(23)25/h2-9,18H,10-13H2,1H3,(H,22,24)/t18-/m1/s1. The Morgan fingerprint density at radius 2 is 1.96 bits per heavy atom.